The molecule has 1 heterocycles. The lowest BCUT2D eigenvalue weighted by Gasteiger charge is -2.26. The quantitative estimate of drug-likeness (QED) is 0.875. The summed E-state index contributed by atoms with van der Waals surface area (Å²) in [6.45, 7) is 2.92. The summed E-state index contributed by atoms with van der Waals surface area (Å²) in [6.07, 6.45) is 1.61. The zero-order valence-electron chi connectivity index (χ0n) is 14.4. The number of nitrogens with one attached hydrogen (secondary N) is 1. The summed E-state index contributed by atoms with van der Waals surface area (Å²) in [7, 11) is 0. The first-order valence-corrected chi connectivity index (χ1v) is 8.21. The first-order chi connectivity index (χ1) is 12.2. The van der Waals surface area contributed by atoms with Crippen molar-refractivity contribution in [2.75, 3.05) is 0 Å². The van der Waals surface area contributed by atoms with E-state index in [9.17, 15) is 23.9 Å². The van der Waals surface area contributed by atoms with Gasteiger partial charge in [-0.1, -0.05) is 12.1 Å². The molecule has 0 fully saturated rings. The maximum atomic E-state index is 13.1. The van der Waals surface area contributed by atoms with Crippen molar-refractivity contribution in [3.05, 3.63) is 58.3 Å². The number of hydrogen-bond acceptors (Lipinski definition) is 4. The summed E-state index contributed by atoms with van der Waals surface area (Å²) in [5.41, 5.74) is -0.742. The fourth-order valence-corrected chi connectivity index (χ4v) is 3.18. The highest BCUT2D eigenvalue weighted by atomic mass is 19.1. The van der Waals surface area contributed by atoms with Gasteiger partial charge in [0.15, 0.2) is 17.1 Å². The predicted molar refractivity (Wildman–Crippen MR) is 89.6 cm³/mol. The molecule has 0 saturated carbocycles. The standard InChI is InChI=1S/C19H18FNO5/c1-10-15-13(22)4-3-5-14(15)26-16(10)17(23)21-19(2,18(24)25)11-6-8-12(20)9-7-11/h6-9H,3-5H2,1-2H3,(H,21,23)(H,24,25). The van der Waals surface area contributed by atoms with Gasteiger partial charge in [0.1, 0.15) is 11.6 Å². The van der Waals surface area contributed by atoms with Crippen LogP contribution in [0.2, 0.25) is 0 Å². The topological polar surface area (TPSA) is 96.6 Å². The van der Waals surface area contributed by atoms with E-state index in [4.69, 9.17) is 4.42 Å². The molecule has 1 aromatic carbocycles. The van der Waals surface area contributed by atoms with Gasteiger partial charge in [-0.05, 0) is 38.0 Å². The molecule has 2 aromatic rings. The SMILES string of the molecule is Cc1c(C(=O)NC(C)(C(=O)O)c2ccc(F)cc2)oc2c1C(=O)CCC2. The van der Waals surface area contributed by atoms with Crippen LogP contribution >= 0.6 is 0 Å². The number of benzene rings is 1. The number of halogens is 1. The Bertz CT molecular complexity index is 899. The fraction of sp³-hybridized carbons (Fsp3) is 0.316. The van der Waals surface area contributed by atoms with Crippen molar-refractivity contribution < 1.29 is 28.3 Å². The molecular weight excluding hydrogens is 341 g/mol. The zero-order chi connectivity index (χ0) is 19.1. The lowest BCUT2D eigenvalue weighted by atomic mass is 9.91. The second kappa shape index (κ2) is 6.40. The molecular formula is C19H18FNO5. The van der Waals surface area contributed by atoms with Gasteiger partial charge in [-0.2, -0.15) is 0 Å². The monoisotopic (exact) mass is 359 g/mol. The largest absolute Gasteiger partial charge is 0.479 e. The summed E-state index contributed by atoms with van der Waals surface area (Å²) in [5.74, 6) is -2.24. The lowest BCUT2D eigenvalue weighted by molar-refractivity contribution is -0.144. The van der Waals surface area contributed by atoms with Gasteiger partial charge in [0.25, 0.3) is 5.91 Å². The third kappa shape index (κ3) is 2.89. The van der Waals surface area contributed by atoms with Crippen LogP contribution in [0.25, 0.3) is 0 Å². The highest BCUT2D eigenvalue weighted by Gasteiger charge is 2.39. The van der Waals surface area contributed by atoms with E-state index in [1.807, 2.05) is 0 Å². The Hall–Kier alpha value is -2.96. The molecule has 136 valence electrons. The summed E-state index contributed by atoms with van der Waals surface area (Å²) < 4.78 is 18.7. The molecule has 1 amide bonds. The lowest BCUT2D eigenvalue weighted by Crippen LogP contribution is -2.49. The highest BCUT2D eigenvalue weighted by molar-refractivity contribution is 6.04. The number of fused-ring (bicyclic) bond motifs is 1. The molecule has 0 saturated heterocycles. The molecule has 0 radical (unpaired) electrons. The van der Waals surface area contributed by atoms with Crippen molar-refractivity contribution in [2.45, 2.75) is 38.6 Å². The number of rotatable bonds is 4. The Balaban J connectivity index is 1.96. The van der Waals surface area contributed by atoms with Crippen molar-refractivity contribution in [1.29, 1.82) is 0 Å². The number of carboxylic acid groups (broad SMARTS) is 1. The second-order valence-electron chi connectivity index (χ2n) is 6.52. The molecule has 0 aliphatic heterocycles. The minimum atomic E-state index is -1.78. The Morgan fingerprint density at radius 2 is 1.88 bits per heavy atom. The van der Waals surface area contributed by atoms with Crippen molar-refractivity contribution in [3.63, 3.8) is 0 Å². The smallest absolute Gasteiger partial charge is 0.333 e. The fourth-order valence-electron chi connectivity index (χ4n) is 3.18. The number of ketones is 1. The van der Waals surface area contributed by atoms with Gasteiger partial charge in [-0.15, -0.1) is 0 Å². The number of carboxylic acids is 1. The number of carbonyl (C=O) groups is 3. The van der Waals surface area contributed by atoms with Crippen LogP contribution in [-0.4, -0.2) is 22.8 Å². The van der Waals surface area contributed by atoms with Crippen LogP contribution in [0.15, 0.2) is 28.7 Å². The van der Waals surface area contributed by atoms with E-state index in [-0.39, 0.29) is 17.1 Å². The van der Waals surface area contributed by atoms with Gasteiger partial charge in [-0.3, -0.25) is 9.59 Å². The molecule has 3 rings (SSSR count). The van der Waals surface area contributed by atoms with Crippen LogP contribution in [0.4, 0.5) is 4.39 Å². The number of hydrogen-bond donors (Lipinski definition) is 2. The first kappa shape index (κ1) is 17.8. The van der Waals surface area contributed by atoms with E-state index < -0.39 is 23.2 Å². The summed E-state index contributed by atoms with van der Waals surface area (Å²) in [4.78, 5) is 36.6. The Morgan fingerprint density at radius 1 is 1.23 bits per heavy atom. The van der Waals surface area contributed by atoms with Crippen LogP contribution in [0.5, 0.6) is 0 Å². The molecule has 1 atom stereocenters. The third-order valence-electron chi connectivity index (χ3n) is 4.73. The van der Waals surface area contributed by atoms with Gasteiger partial charge in [0.05, 0.1) is 5.56 Å². The molecule has 1 aliphatic carbocycles. The average Bonchev–Trinajstić information content (AvgIpc) is 2.93. The van der Waals surface area contributed by atoms with Gasteiger partial charge >= 0.3 is 5.97 Å². The van der Waals surface area contributed by atoms with Crippen LogP contribution < -0.4 is 5.32 Å². The van der Waals surface area contributed by atoms with Crippen LogP contribution in [-0.2, 0) is 16.8 Å². The maximum absolute atomic E-state index is 13.1. The number of carbonyl (C=O) groups excluding carboxylic acids is 2. The molecule has 1 unspecified atom stereocenters. The molecule has 6 nitrogen and oxygen atoms in total. The number of aliphatic carboxylic acids is 1. The molecule has 1 aliphatic rings. The molecule has 26 heavy (non-hydrogen) atoms. The Labute approximate surface area is 149 Å². The van der Waals surface area contributed by atoms with E-state index in [0.29, 0.717) is 36.1 Å². The second-order valence-corrected chi connectivity index (χ2v) is 6.52. The summed E-state index contributed by atoms with van der Waals surface area (Å²) in [5, 5.41) is 12.1. The van der Waals surface area contributed by atoms with Crippen LogP contribution in [0.3, 0.4) is 0 Å². The van der Waals surface area contributed by atoms with Crippen LogP contribution in [0, 0.1) is 12.7 Å². The number of furan rings is 1. The molecule has 7 heteroatoms. The molecule has 2 N–H and O–H groups in total. The molecule has 0 spiro atoms. The van der Waals surface area contributed by atoms with Gasteiger partial charge in [0.2, 0.25) is 0 Å². The minimum absolute atomic E-state index is 0.0696. The maximum Gasteiger partial charge on any atom is 0.333 e. The normalized spacial score (nSPS) is 15.9. The minimum Gasteiger partial charge on any atom is -0.479 e. The molecule has 1 aromatic heterocycles. The number of amides is 1. The van der Waals surface area contributed by atoms with E-state index in [1.54, 1.807) is 6.92 Å². The van der Waals surface area contributed by atoms with Gasteiger partial charge < -0.3 is 14.8 Å². The third-order valence-corrected chi connectivity index (χ3v) is 4.73. The van der Waals surface area contributed by atoms with E-state index in [1.165, 1.54) is 19.1 Å². The Kier molecular flexibility index (Phi) is 4.39. The van der Waals surface area contributed by atoms with E-state index in [2.05, 4.69) is 5.32 Å². The van der Waals surface area contributed by atoms with Gasteiger partial charge in [-0.25, -0.2) is 9.18 Å². The first-order valence-electron chi connectivity index (χ1n) is 8.21. The number of aryl methyl sites for hydroxylation is 1. The van der Waals surface area contributed by atoms with E-state index >= 15 is 0 Å². The number of Topliss-reactive ketones (excluding diaryl/α,β-unsaturated/α-hetero) is 1. The predicted octanol–water partition coefficient (Wildman–Crippen LogP) is 2.98. The molecule has 0 bridgehead atoms. The van der Waals surface area contributed by atoms with Crippen molar-refractivity contribution in [1.82, 2.24) is 5.32 Å². The summed E-state index contributed by atoms with van der Waals surface area (Å²) in [6, 6.07) is 4.84. The highest BCUT2D eigenvalue weighted by Crippen LogP contribution is 2.30. The van der Waals surface area contributed by atoms with Crippen molar-refractivity contribution in [2.24, 2.45) is 0 Å². The van der Waals surface area contributed by atoms with Gasteiger partial charge in [0, 0.05) is 18.4 Å². The van der Waals surface area contributed by atoms with E-state index in [0.717, 1.165) is 12.1 Å². The zero-order valence-corrected chi connectivity index (χ0v) is 14.4. The van der Waals surface area contributed by atoms with Crippen LogP contribution in [0.1, 0.15) is 57.6 Å². The average molecular weight is 359 g/mol. The van der Waals surface area contributed by atoms with Crippen molar-refractivity contribution >= 4 is 17.7 Å². The van der Waals surface area contributed by atoms with Crippen molar-refractivity contribution in [3.8, 4) is 0 Å². The summed E-state index contributed by atoms with van der Waals surface area (Å²) >= 11 is 0. The Morgan fingerprint density at radius 3 is 2.46 bits per heavy atom.